The van der Waals surface area contributed by atoms with Crippen LogP contribution in [0.25, 0.3) is 0 Å². The van der Waals surface area contributed by atoms with E-state index in [1.54, 1.807) is 18.2 Å². The minimum Gasteiger partial charge on any atom is -0.348 e. The molecule has 3 aromatic rings. The highest BCUT2D eigenvalue weighted by atomic mass is 35.5. The van der Waals surface area contributed by atoms with Crippen LogP contribution < -0.4 is 9.62 Å². The molecule has 0 saturated carbocycles. The Morgan fingerprint density at radius 2 is 1.62 bits per heavy atom. The Balaban J connectivity index is 1.90. The zero-order valence-electron chi connectivity index (χ0n) is 18.6. The second-order valence-corrected chi connectivity index (χ2v) is 10.3. The summed E-state index contributed by atoms with van der Waals surface area (Å²) in [6.07, 6.45) is 0. The van der Waals surface area contributed by atoms with Crippen LogP contribution >= 0.6 is 11.6 Å². The zero-order chi connectivity index (χ0) is 23.5. The smallest absolute Gasteiger partial charge is 0.264 e. The SMILES string of the molecule is Cc1cccc(N(CC(=O)NC(C)c2ccc(C)cc2C)S(=O)(=O)c2ccc(Cl)cc2)c1. The van der Waals surface area contributed by atoms with Gasteiger partial charge in [0.2, 0.25) is 5.91 Å². The Kier molecular flexibility index (Phi) is 7.26. The van der Waals surface area contributed by atoms with E-state index < -0.39 is 15.9 Å². The van der Waals surface area contributed by atoms with Gasteiger partial charge in [0, 0.05) is 5.02 Å². The van der Waals surface area contributed by atoms with Gasteiger partial charge in [0.1, 0.15) is 6.54 Å². The fourth-order valence-electron chi connectivity index (χ4n) is 3.64. The van der Waals surface area contributed by atoms with Crippen molar-refractivity contribution in [3.63, 3.8) is 0 Å². The van der Waals surface area contributed by atoms with Crippen molar-refractivity contribution < 1.29 is 13.2 Å². The standard InChI is InChI=1S/C25H27ClN2O3S/c1-17-6-5-7-22(15-17)28(32(30,31)23-11-9-21(26)10-12-23)16-25(29)27-20(4)24-13-8-18(2)14-19(24)3/h5-15,20H,16H2,1-4H3,(H,27,29). The molecular formula is C25H27ClN2O3S. The molecule has 168 valence electrons. The highest BCUT2D eigenvalue weighted by molar-refractivity contribution is 7.92. The van der Waals surface area contributed by atoms with Crippen molar-refractivity contribution in [2.24, 2.45) is 0 Å². The van der Waals surface area contributed by atoms with E-state index >= 15 is 0 Å². The van der Waals surface area contributed by atoms with Gasteiger partial charge in [0.25, 0.3) is 10.0 Å². The average Bonchev–Trinajstić information content (AvgIpc) is 2.72. The number of rotatable bonds is 7. The summed E-state index contributed by atoms with van der Waals surface area (Å²) >= 11 is 5.93. The second-order valence-electron chi connectivity index (χ2n) is 7.95. The maximum Gasteiger partial charge on any atom is 0.264 e. The Bertz CT molecular complexity index is 1220. The summed E-state index contributed by atoms with van der Waals surface area (Å²) in [5.41, 5.74) is 4.52. The minimum atomic E-state index is -3.98. The summed E-state index contributed by atoms with van der Waals surface area (Å²) in [6, 6.07) is 18.8. The fourth-order valence-corrected chi connectivity index (χ4v) is 5.18. The monoisotopic (exact) mass is 470 g/mol. The quantitative estimate of drug-likeness (QED) is 0.507. The molecule has 32 heavy (non-hydrogen) atoms. The number of carbonyl (C=O) groups excluding carboxylic acids is 1. The normalized spacial score (nSPS) is 12.3. The first-order chi connectivity index (χ1) is 15.1. The molecule has 0 heterocycles. The zero-order valence-corrected chi connectivity index (χ0v) is 20.2. The molecule has 1 unspecified atom stereocenters. The lowest BCUT2D eigenvalue weighted by atomic mass is 10.0. The van der Waals surface area contributed by atoms with Crippen molar-refractivity contribution in [2.45, 2.75) is 38.6 Å². The van der Waals surface area contributed by atoms with Crippen LogP contribution in [0.4, 0.5) is 5.69 Å². The summed E-state index contributed by atoms with van der Waals surface area (Å²) in [4.78, 5) is 13.0. The molecule has 0 bridgehead atoms. The van der Waals surface area contributed by atoms with Gasteiger partial charge < -0.3 is 5.32 Å². The number of hydrogen-bond donors (Lipinski definition) is 1. The Hall–Kier alpha value is -2.83. The van der Waals surface area contributed by atoms with E-state index in [4.69, 9.17) is 11.6 Å². The number of nitrogens with zero attached hydrogens (tertiary/aromatic N) is 1. The van der Waals surface area contributed by atoms with Crippen LogP contribution in [0.3, 0.4) is 0 Å². The summed E-state index contributed by atoms with van der Waals surface area (Å²) in [7, 11) is -3.98. The number of benzene rings is 3. The number of sulfonamides is 1. The van der Waals surface area contributed by atoms with Gasteiger partial charge in [-0.15, -0.1) is 0 Å². The molecule has 0 aliphatic heterocycles. The van der Waals surface area contributed by atoms with Gasteiger partial charge in [0.05, 0.1) is 16.6 Å². The second kappa shape index (κ2) is 9.76. The van der Waals surface area contributed by atoms with Crippen LogP contribution in [0.5, 0.6) is 0 Å². The molecule has 0 aliphatic rings. The van der Waals surface area contributed by atoms with E-state index in [-0.39, 0.29) is 17.5 Å². The predicted octanol–water partition coefficient (Wildman–Crippen LogP) is 5.34. The molecule has 1 N–H and O–H groups in total. The molecule has 0 spiro atoms. The predicted molar refractivity (Wildman–Crippen MR) is 130 cm³/mol. The molecule has 0 fully saturated rings. The molecule has 5 nitrogen and oxygen atoms in total. The molecule has 1 amide bonds. The first kappa shape index (κ1) is 23.8. The maximum absolute atomic E-state index is 13.4. The number of nitrogens with one attached hydrogen (secondary N) is 1. The van der Waals surface area contributed by atoms with Crippen LogP contribution in [0.2, 0.25) is 5.02 Å². The molecule has 3 aromatic carbocycles. The lowest BCUT2D eigenvalue weighted by molar-refractivity contribution is -0.120. The first-order valence-corrected chi connectivity index (χ1v) is 12.1. The topological polar surface area (TPSA) is 66.5 Å². The number of anilines is 1. The van der Waals surface area contributed by atoms with Gasteiger partial charge in [-0.3, -0.25) is 9.10 Å². The summed E-state index contributed by atoms with van der Waals surface area (Å²) < 4.78 is 28.0. The fraction of sp³-hybridized carbons (Fsp3) is 0.240. The average molecular weight is 471 g/mol. The highest BCUT2D eigenvalue weighted by Gasteiger charge is 2.28. The third-order valence-corrected chi connectivity index (χ3v) is 7.29. The van der Waals surface area contributed by atoms with Crippen LogP contribution in [0.15, 0.2) is 71.6 Å². The minimum absolute atomic E-state index is 0.0682. The maximum atomic E-state index is 13.4. The van der Waals surface area contributed by atoms with E-state index in [0.29, 0.717) is 10.7 Å². The number of halogens is 1. The lowest BCUT2D eigenvalue weighted by Crippen LogP contribution is -2.41. The summed E-state index contributed by atoms with van der Waals surface area (Å²) in [5, 5.41) is 3.37. The highest BCUT2D eigenvalue weighted by Crippen LogP contribution is 2.26. The molecule has 3 rings (SSSR count). The van der Waals surface area contributed by atoms with Crippen molar-refractivity contribution in [2.75, 3.05) is 10.8 Å². The van der Waals surface area contributed by atoms with Gasteiger partial charge in [-0.25, -0.2) is 8.42 Å². The van der Waals surface area contributed by atoms with Gasteiger partial charge in [0.15, 0.2) is 0 Å². The van der Waals surface area contributed by atoms with Gasteiger partial charge >= 0.3 is 0 Å². The van der Waals surface area contributed by atoms with E-state index in [1.165, 1.54) is 24.3 Å². The lowest BCUT2D eigenvalue weighted by Gasteiger charge is -2.26. The number of carbonyl (C=O) groups is 1. The van der Waals surface area contributed by atoms with Crippen molar-refractivity contribution in [3.05, 3.63) is 94.0 Å². The Morgan fingerprint density at radius 1 is 0.969 bits per heavy atom. The van der Waals surface area contributed by atoms with Crippen molar-refractivity contribution in [1.29, 1.82) is 0 Å². The third kappa shape index (κ3) is 5.50. The van der Waals surface area contributed by atoms with E-state index in [1.807, 2.05) is 45.9 Å². The summed E-state index contributed by atoms with van der Waals surface area (Å²) in [5.74, 6) is -0.392. The van der Waals surface area contributed by atoms with Crippen LogP contribution in [0, 0.1) is 20.8 Å². The number of amides is 1. The van der Waals surface area contributed by atoms with Crippen molar-refractivity contribution in [3.8, 4) is 0 Å². The van der Waals surface area contributed by atoms with Crippen molar-refractivity contribution in [1.82, 2.24) is 5.32 Å². The molecular weight excluding hydrogens is 444 g/mol. The number of hydrogen-bond acceptors (Lipinski definition) is 3. The molecule has 7 heteroatoms. The van der Waals surface area contributed by atoms with E-state index in [0.717, 1.165) is 26.6 Å². The molecule has 0 saturated heterocycles. The van der Waals surface area contributed by atoms with Crippen molar-refractivity contribution >= 4 is 33.2 Å². The molecule has 1 atom stereocenters. The first-order valence-electron chi connectivity index (χ1n) is 10.3. The van der Waals surface area contributed by atoms with Crippen LogP contribution in [-0.2, 0) is 14.8 Å². The van der Waals surface area contributed by atoms with E-state index in [2.05, 4.69) is 11.4 Å². The largest absolute Gasteiger partial charge is 0.348 e. The number of aryl methyl sites for hydroxylation is 3. The van der Waals surface area contributed by atoms with Crippen LogP contribution in [0.1, 0.15) is 35.2 Å². The van der Waals surface area contributed by atoms with Gasteiger partial charge in [-0.1, -0.05) is 47.5 Å². The Labute approximate surface area is 195 Å². The van der Waals surface area contributed by atoms with Crippen LogP contribution in [-0.4, -0.2) is 20.9 Å². The Morgan fingerprint density at radius 3 is 2.25 bits per heavy atom. The molecule has 0 aromatic heterocycles. The van der Waals surface area contributed by atoms with E-state index in [9.17, 15) is 13.2 Å². The van der Waals surface area contributed by atoms with Gasteiger partial charge in [-0.2, -0.15) is 0 Å². The molecule has 0 aliphatic carbocycles. The van der Waals surface area contributed by atoms with Gasteiger partial charge in [-0.05, 0) is 80.8 Å². The summed E-state index contributed by atoms with van der Waals surface area (Å²) in [6.45, 7) is 7.43. The molecule has 0 radical (unpaired) electrons. The third-order valence-electron chi connectivity index (χ3n) is 5.25.